The molecule has 6 nitrogen and oxygen atoms in total. The van der Waals surface area contributed by atoms with E-state index in [0.717, 1.165) is 19.3 Å². The molecule has 0 amide bonds. The highest BCUT2D eigenvalue weighted by Gasteiger charge is 2.64. The molecular formula is C21H26ClNO5. The van der Waals surface area contributed by atoms with Gasteiger partial charge in [-0.25, -0.2) is 0 Å². The monoisotopic (exact) mass is 407 g/mol. The molecule has 2 aliphatic heterocycles. The van der Waals surface area contributed by atoms with E-state index in [1.807, 2.05) is 6.92 Å². The first kappa shape index (κ1) is 19.5. The highest BCUT2D eigenvalue weighted by molar-refractivity contribution is 6.36. The molecule has 1 aromatic rings. The normalized spacial score (nSPS) is 34.0. The molecule has 5 atom stereocenters. The highest BCUT2D eigenvalue weighted by Crippen LogP contribution is 2.54. The van der Waals surface area contributed by atoms with Crippen molar-refractivity contribution in [2.24, 2.45) is 11.8 Å². The first-order valence-electron chi connectivity index (χ1n) is 9.87. The predicted octanol–water partition coefficient (Wildman–Crippen LogP) is 3.43. The summed E-state index contributed by atoms with van der Waals surface area (Å²) >= 11 is 6.44. The van der Waals surface area contributed by atoms with Gasteiger partial charge >= 0.3 is 0 Å². The van der Waals surface area contributed by atoms with Crippen molar-refractivity contribution in [2.45, 2.75) is 57.2 Å². The third-order valence-corrected chi connectivity index (χ3v) is 7.04. The number of ether oxygens (including phenoxy) is 3. The van der Waals surface area contributed by atoms with Gasteiger partial charge in [0.15, 0.2) is 11.5 Å². The number of benzene rings is 1. The molecule has 0 radical (unpaired) electrons. The summed E-state index contributed by atoms with van der Waals surface area (Å²) in [5, 5.41) is 3.80. The summed E-state index contributed by atoms with van der Waals surface area (Å²) in [4.78, 5) is 27.2. The highest BCUT2D eigenvalue weighted by atomic mass is 35.5. The Balaban J connectivity index is 1.77. The summed E-state index contributed by atoms with van der Waals surface area (Å²) < 4.78 is 16.9. The fraction of sp³-hybridized carbons (Fsp3) is 0.619. The fourth-order valence-electron chi connectivity index (χ4n) is 5.11. The van der Waals surface area contributed by atoms with Crippen molar-refractivity contribution in [3.63, 3.8) is 0 Å². The Hall–Kier alpha value is -1.79. The number of nitrogens with one attached hydrogen (secondary N) is 1. The molecule has 28 heavy (non-hydrogen) atoms. The van der Waals surface area contributed by atoms with E-state index in [2.05, 4.69) is 12.2 Å². The van der Waals surface area contributed by atoms with Crippen LogP contribution in [0.25, 0.3) is 0 Å². The van der Waals surface area contributed by atoms with Crippen LogP contribution in [-0.4, -0.2) is 43.5 Å². The summed E-state index contributed by atoms with van der Waals surface area (Å²) in [6.45, 7) is 4.06. The molecule has 7 heteroatoms. The zero-order chi connectivity index (χ0) is 20.2. The van der Waals surface area contributed by atoms with E-state index in [9.17, 15) is 9.59 Å². The third-order valence-electron chi connectivity index (χ3n) is 6.68. The van der Waals surface area contributed by atoms with Crippen LogP contribution in [0.2, 0.25) is 5.02 Å². The van der Waals surface area contributed by atoms with Gasteiger partial charge in [-0.2, -0.15) is 0 Å². The number of carbonyl (C=O) groups is 2. The Morgan fingerprint density at radius 1 is 1.25 bits per heavy atom. The molecule has 1 saturated heterocycles. The SMILES string of the molecule is CCC1CCC2C(=O)[C@@]3(Oc4c(Cl)c(OC)cc(OC)c4C3=O)[C@H](C)CC2N1. The first-order valence-corrected chi connectivity index (χ1v) is 10.2. The lowest BCUT2D eigenvalue weighted by molar-refractivity contribution is -0.145. The fourth-order valence-corrected chi connectivity index (χ4v) is 5.37. The van der Waals surface area contributed by atoms with Gasteiger partial charge in [-0.1, -0.05) is 25.4 Å². The van der Waals surface area contributed by atoms with E-state index in [1.54, 1.807) is 6.07 Å². The minimum absolute atomic E-state index is 0.0823. The van der Waals surface area contributed by atoms with Crippen molar-refractivity contribution < 1.29 is 23.8 Å². The molecule has 3 unspecified atom stereocenters. The van der Waals surface area contributed by atoms with Gasteiger partial charge in [0.2, 0.25) is 11.4 Å². The van der Waals surface area contributed by atoms with Crippen molar-refractivity contribution in [2.75, 3.05) is 14.2 Å². The molecule has 1 aromatic carbocycles. The van der Waals surface area contributed by atoms with Gasteiger partial charge in [0.05, 0.1) is 14.2 Å². The Labute approximate surface area is 169 Å². The summed E-state index contributed by atoms with van der Waals surface area (Å²) in [6, 6.07) is 2.07. The van der Waals surface area contributed by atoms with Crippen molar-refractivity contribution in [3.8, 4) is 17.2 Å². The van der Waals surface area contributed by atoms with Crippen LogP contribution in [0.1, 0.15) is 49.9 Å². The lowest BCUT2D eigenvalue weighted by Crippen LogP contribution is -2.66. The standard InChI is InChI=1S/C21H26ClNO5/c1-5-11-6-7-12-13(23-11)8-10(2)21(19(12)24)20(25)16-14(26-3)9-15(27-4)17(22)18(16)28-21/h9-13,23H,5-8H2,1-4H3/t10-,11?,12?,13?,21+/m1/s1. The second-order valence-corrected chi connectivity index (χ2v) is 8.41. The van der Waals surface area contributed by atoms with Gasteiger partial charge < -0.3 is 19.5 Å². The number of rotatable bonds is 3. The molecule has 1 aliphatic carbocycles. The summed E-state index contributed by atoms with van der Waals surface area (Å²) in [5.74, 6) is -0.153. The van der Waals surface area contributed by atoms with Crippen LogP contribution in [-0.2, 0) is 4.79 Å². The number of ketones is 2. The van der Waals surface area contributed by atoms with Crippen LogP contribution < -0.4 is 19.5 Å². The van der Waals surface area contributed by atoms with Crippen molar-refractivity contribution in [3.05, 3.63) is 16.7 Å². The van der Waals surface area contributed by atoms with E-state index < -0.39 is 5.60 Å². The van der Waals surface area contributed by atoms with E-state index in [-0.39, 0.29) is 45.8 Å². The van der Waals surface area contributed by atoms with Crippen LogP contribution in [0.4, 0.5) is 0 Å². The summed E-state index contributed by atoms with van der Waals surface area (Å²) in [5.41, 5.74) is -1.30. The number of Topliss-reactive ketones (excluding diaryl/α,β-unsaturated/α-hetero) is 2. The molecule has 0 bridgehead atoms. The summed E-state index contributed by atoms with van der Waals surface area (Å²) in [6.07, 6.45) is 3.42. The molecule has 1 saturated carbocycles. The Bertz CT molecular complexity index is 841. The van der Waals surface area contributed by atoms with Gasteiger partial charge in [0.1, 0.15) is 22.1 Å². The Morgan fingerprint density at radius 2 is 1.96 bits per heavy atom. The van der Waals surface area contributed by atoms with E-state index in [1.165, 1.54) is 14.2 Å². The minimum Gasteiger partial charge on any atom is -0.496 e. The molecule has 0 aromatic heterocycles. The number of hydrogen-bond donors (Lipinski definition) is 1. The second kappa shape index (κ2) is 6.92. The van der Waals surface area contributed by atoms with Crippen LogP contribution in [0.3, 0.4) is 0 Å². The number of piperidine rings is 1. The Kier molecular flexibility index (Phi) is 4.82. The van der Waals surface area contributed by atoms with Gasteiger partial charge in [-0.05, 0) is 25.7 Å². The Morgan fingerprint density at radius 3 is 2.61 bits per heavy atom. The number of carbonyl (C=O) groups excluding carboxylic acids is 2. The van der Waals surface area contributed by atoms with Gasteiger partial charge in [-0.15, -0.1) is 0 Å². The second-order valence-electron chi connectivity index (χ2n) is 8.03. The molecular weight excluding hydrogens is 382 g/mol. The smallest absolute Gasteiger partial charge is 0.232 e. The van der Waals surface area contributed by atoms with Gasteiger partial charge in [0, 0.05) is 30.0 Å². The van der Waals surface area contributed by atoms with E-state index in [4.69, 9.17) is 25.8 Å². The lowest BCUT2D eigenvalue weighted by atomic mass is 9.63. The molecule has 2 heterocycles. The van der Waals surface area contributed by atoms with Crippen LogP contribution in [0, 0.1) is 11.8 Å². The number of halogens is 1. The molecule has 4 rings (SSSR count). The van der Waals surface area contributed by atoms with Crippen molar-refractivity contribution in [1.82, 2.24) is 5.32 Å². The maximum Gasteiger partial charge on any atom is 0.232 e. The average molecular weight is 408 g/mol. The largest absolute Gasteiger partial charge is 0.496 e. The number of methoxy groups -OCH3 is 2. The van der Waals surface area contributed by atoms with Crippen LogP contribution in [0.15, 0.2) is 6.07 Å². The van der Waals surface area contributed by atoms with E-state index in [0.29, 0.717) is 24.0 Å². The predicted molar refractivity (Wildman–Crippen MR) is 105 cm³/mol. The topological polar surface area (TPSA) is 73.9 Å². The molecule has 3 aliphatic rings. The van der Waals surface area contributed by atoms with Gasteiger partial charge in [-0.3, -0.25) is 9.59 Å². The average Bonchev–Trinajstić information content (AvgIpc) is 3.01. The molecule has 1 N–H and O–H groups in total. The van der Waals surface area contributed by atoms with Gasteiger partial charge in [0.25, 0.3) is 0 Å². The summed E-state index contributed by atoms with van der Waals surface area (Å²) in [7, 11) is 2.95. The van der Waals surface area contributed by atoms with Crippen molar-refractivity contribution >= 4 is 23.2 Å². The number of fused-ring (bicyclic) bond motifs is 2. The maximum absolute atomic E-state index is 13.6. The molecule has 152 valence electrons. The molecule has 1 spiro atoms. The minimum atomic E-state index is -1.53. The van der Waals surface area contributed by atoms with Crippen LogP contribution in [0.5, 0.6) is 17.2 Å². The van der Waals surface area contributed by atoms with E-state index >= 15 is 0 Å². The first-order chi connectivity index (χ1) is 13.4. The lowest BCUT2D eigenvalue weighted by Gasteiger charge is -2.47. The zero-order valence-corrected chi connectivity index (χ0v) is 17.4. The van der Waals surface area contributed by atoms with Crippen LogP contribution >= 0.6 is 11.6 Å². The molecule has 2 fully saturated rings. The quantitative estimate of drug-likeness (QED) is 0.774. The number of hydrogen-bond acceptors (Lipinski definition) is 6. The van der Waals surface area contributed by atoms with Crippen molar-refractivity contribution in [1.29, 1.82) is 0 Å². The maximum atomic E-state index is 13.6. The third kappa shape index (κ3) is 2.50. The zero-order valence-electron chi connectivity index (χ0n) is 16.6.